The van der Waals surface area contributed by atoms with Crippen molar-refractivity contribution in [3.63, 3.8) is 0 Å². The number of hydrogen-bond donors (Lipinski definition) is 1. The third kappa shape index (κ3) is 2.93. The Morgan fingerprint density at radius 3 is 2.59 bits per heavy atom. The van der Waals surface area contributed by atoms with Crippen LogP contribution in [0.25, 0.3) is 0 Å². The highest BCUT2D eigenvalue weighted by Crippen LogP contribution is 2.15. The molecule has 17 heavy (non-hydrogen) atoms. The molecule has 0 spiro atoms. The molecule has 1 N–H and O–H groups in total. The van der Waals surface area contributed by atoms with Crippen molar-refractivity contribution in [3.05, 3.63) is 33.4 Å². The van der Waals surface area contributed by atoms with Gasteiger partial charge in [-0.3, -0.25) is 4.79 Å². The molecule has 0 aliphatic heterocycles. The Bertz CT molecular complexity index is 499. The second kappa shape index (κ2) is 5.29. The molecule has 1 rings (SSSR count). The topological polar surface area (TPSA) is 93.8 Å². The van der Waals surface area contributed by atoms with E-state index >= 15 is 0 Å². The van der Waals surface area contributed by atoms with Crippen LogP contribution in [0.15, 0.2) is 15.3 Å². The van der Waals surface area contributed by atoms with Crippen molar-refractivity contribution in [1.29, 1.82) is 0 Å². The lowest BCUT2D eigenvalue weighted by Crippen LogP contribution is -2.16. The van der Waals surface area contributed by atoms with Crippen molar-refractivity contribution in [2.45, 2.75) is 19.8 Å². The van der Waals surface area contributed by atoms with Gasteiger partial charge in [0.05, 0.1) is 13.5 Å². The standard InChI is InChI=1S/C11H12O6/c1-3-7-10(11(15)16-2)6(4-8(12)13)5-9(14)17-7/h5H,3-4H2,1-2H3,(H,12,13). The molecule has 0 fully saturated rings. The predicted molar refractivity (Wildman–Crippen MR) is 57.0 cm³/mol. The number of carboxylic acid groups (broad SMARTS) is 1. The average molecular weight is 240 g/mol. The van der Waals surface area contributed by atoms with Crippen LogP contribution in [0.5, 0.6) is 0 Å². The van der Waals surface area contributed by atoms with Gasteiger partial charge in [-0.25, -0.2) is 9.59 Å². The van der Waals surface area contributed by atoms with Crippen LogP contribution in [0.1, 0.15) is 28.6 Å². The number of aryl methyl sites for hydroxylation is 1. The first-order chi connectivity index (χ1) is 7.99. The molecular weight excluding hydrogens is 228 g/mol. The number of methoxy groups -OCH3 is 1. The van der Waals surface area contributed by atoms with Crippen molar-refractivity contribution in [3.8, 4) is 0 Å². The zero-order valence-electron chi connectivity index (χ0n) is 9.48. The first-order valence-electron chi connectivity index (χ1n) is 4.95. The van der Waals surface area contributed by atoms with Crippen LogP contribution >= 0.6 is 0 Å². The smallest absolute Gasteiger partial charge is 0.341 e. The summed E-state index contributed by atoms with van der Waals surface area (Å²) < 4.78 is 9.40. The first-order valence-corrected chi connectivity index (χ1v) is 4.95. The molecule has 0 unspecified atom stereocenters. The number of ether oxygens (including phenoxy) is 1. The fourth-order valence-electron chi connectivity index (χ4n) is 1.49. The number of aliphatic carboxylic acids is 1. The lowest BCUT2D eigenvalue weighted by molar-refractivity contribution is -0.136. The summed E-state index contributed by atoms with van der Waals surface area (Å²) >= 11 is 0. The molecule has 1 aromatic rings. The maximum absolute atomic E-state index is 11.5. The number of rotatable bonds is 4. The summed E-state index contributed by atoms with van der Waals surface area (Å²) in [5.74, 6) is -1.70. The van der Waals surface area contributed by atoms with Gasteiger partial charge in [0.2, 0.25) is 0 Å². The Kier molecular flexibility index (Phi) is 4.03. The summed E-state index contributed by atoms with van der Waals surface area (Å²) in [5, 5.41) is 8.72. The Morgan fingerprint density at radius 1 is 1.47 bits per heavy atom. The zero-order valence-corrected chi connectivity index (χ0v) is 9.48. The minimum Gasteiger partial charge on any atom is -0.481 e. The van der Waals surface area contributed by atoms with Gasteiger partial charge in [-0.15, -0.1) is 0 Å². The second-order valence-corrected chi connectivity index (χ2v) is 3.30. The molecular formula is C11H12O6. The summed E-state index contributed by atoms with van der Waals surface area (Å²) in [6.45, 7) is 1.69. The fourth-order valence-corrected chi connectivity index (χ4v) is 1.49. The maximum Gasteiger partial charge on any atom is 0.341 e. The van der Waals surface area contributed by atoms with Crippen LogP contribution in [0, 0.1) is 0 Å². The summed E-state index contributed by atoms with van der Waals surface area (Å²) in [5.41, 5.74) is -0.541. The molecule has 1 aromatic heterocycles. The molecule has 6 heteroatoms. The van der Waals surface area contributed by atoms with Crippen molar-refractivity contribution >= 4 is 11.9 Å². The fraction of sp³-hybridized carbons (Fsp3) is 0.364. The lowest BCUT2D eigenvalue weighted by Gasteiger charge is -2.08. The molecule has 0 amide bonds. The highest BCUT2D eigenvalue weighted by Gasteiger charge is 2.21. The van der Waals surface area contributed by atoms with Crippen molar-refractivity contribution in [2.24, 2.45) is 0 Å². The number of esters is 1. The number of hydrogen-bond acceptors (Lipinski definition) is 5. The first kappa shape index (κ1) is 13.0. The Morgan fingerprint density at radius 2 is 2.12 bits per heavy atom. The molecule has 6 nitrogen and oxygen atoms in total. The molecule has 0 aromatic carbocycles. The third-order valence-electron chi connectivity index (χ3n) is 2.17. The maximum atomic E-state index is 11.5. The van der Waals surface area contributed by atoms with Crippen molar-refractivity contribution in [2.75, 3.05) is 7.11 Å². The van der Waals surface area contributed by atoms with E-state index in [1.165, 1.54) is 7.11 Å². The molecule has 0 bridgehead atoms. The third-order valence-corrected chi connectivity index (χ3v) is 2.17. The summed E-state index contributed by atoms with van der Waals surface area (Å²) in [6.07, 6.45) is -0.129. The van der Waals surface area contributed by atoms with Crippen molar-refractivity contribution < 1.29 is 23.8 Å². The summed E-state index contributed by atoms with van der Waals surface area (Å²) in [7, 11) is 1.18. The van der Waals surface area contributed by atoms with Gasteiger partial charge in [0.25, 0.3) is 0 Å². The van der Waals surface area contributed by atoms with Gasteiger partial charge in [0.15, 0.2) is 0 Å². The van der Waals surface area contributed by atoms with E-state index in [1.54, 1.807) is 6.92 Å². The van der Waals surface area contributed by atoms with E-state index in [2.05, 4.69) is 4.74 Å². The van der Waals surface area contributed by atoms with Gasteiger partial charge in [-0.1, -0.05) is 6.92 Å². The minimum atomic E-state index is -1.14. The van der Waals surface area contributed by atoms with E-state index in [4.69, 9.17) is 9.52 Å². The number of carboxylic acids is 1. The Hall–Kier alpha value is -2.11. The molecule has 0 saturated heterocycles. The molecule has 92 valence electrons. The van der Waals surface area contributed by atoms with Gasteiger partial charge < -0.3 is 14.3 Å². The molecule has 0 aliphatic carbocycles. The monoisotopic (exact) mass is 240 g/mol. The summed E-state index contributed by atoms with van der Waals surface area (Å²) in [6, 6.07) is 1.000. The van der Waals surface area contributed by atoms with Gasteiger partial charge in [0.1, 0.15) is 11.3 Å². The van der Waals surface area contributed by atoms with Crippen LogP contribution in [0.2, 0.25) is 0 Å². The quantitative estimate of drug-likeness (QED) is 0.775. The van der Waals surface area contributed by atoms with Crippen LogP contribution < -0.4 is 5.63 Å². The summed E-state index contributed by atoms with van der Waals surface area (Å²) in [4.78, 5) is 33.4. The normalized spacial score (nSPS) is 10.0. The number of carbonyl (C=O) groups is 2. The molecule has 0 atom stereocenters. The Labute approximate surface area is 96.8 Å². The van der Waals surface area contributed by atoms with E-state index in [1.807, 2.05) is 0 Å². The Balaban J connectivity index is 3.43. The van der Waals surface area contributed by atoms with Crippen LogP contribution in [-0.4, -0.2) is 24.2 Å². The predicted octanol–water partition coefficient (Wildman–Crippen LogP) is 0.616. The van der Waals surface area contributed by atoms with Crippen LogP contribution in [0.3, 0.4) is 0 Å². The largest absolute Gasteiger partial charge is 0.481 e. The molecule has 0 aliphatic rings. The van der Waals surface area contributed by atoms with Gasteiger partial charge in [-0.05, 0) is 5.56 Å². The van der Waals surface area contributed by atoms with E-state index in [-0.39, 0.29) is 16.9 Å². The molecule has 1 heterocycles. The van der Waals surface area contributed by atoms with E-state index in [0.29, 0.717) is 6.42 Å². The molecule has 0 saturated carbocycles. The van der Waals surface area contributed by atoms with Crippen LogP contribution in [0.4, 0.5) is 0 Å². The van der Waals surface area contributed by atoms with Crippen molar-refractivity contribution in [1.82, 2.24) is 0 Å². The minimum absolute atomic E-state index is 0.0250. The van der Waals surface area contributed by atoms with E-state index < -0.39 is 24.0 Å². The zero-order chi connectivity index (χ0) is 13.0. The highest BCUT2D eigenvalue weighted by atomic mass is 16.5. The highest BCUT2D eigenvalue weighted by molar-refractivity contribution is 5.93. The van der Waals surface area contributed by atoms with Gasteiger partial charge >= 0.3 is 17.6 Å². The van der Waals surface area contributed by atoms with Crippen LogP contribution in [-0.2, 0) is 22.4 Å². The SMILES string of the molecule is CCc1oc(=O)cc(CC(=O)O)c1C(=O)OC. The second-order valence-electron chi connectivity index (χ2n) is 3.30. The van der Waals surface area contributed by atoms with E-state index in [0.717, 1.165) is 6.07 Å². The van der Waals surface area contributed by atoms with E-state index in [9.17, 15) is 14.4 Å². The molecule has 0 radical (unpaired) electrons. The lowest BCUT2D eigenvalue weighted by atomic mass is 10.0. The number of carbonyl (C=O) groups excluding carboxylic acids is 1. The average Bonchev–Trinajstić information content (AvgIpc) is 2.26. The van der Waals surface area contributed by atoms with Gasteiger partial charge in [0, 0.05) is 12.5 Å². The van der Waals surface area contributed by atoms with Gasteiger partial charge in [-0.2, -0.15) is 0 Å².